The van der Waals surface area contributed by atoms with Crippen molar-refractivity contribution in [2.24, 2.45) is 13.0 Å². The number of phenolic OH excluding ortho intramolecular Hbond substituents is 1. The smallest absolute Gasteiger partial charge is 0.347 e. The summed E-state index contributed by atoms with van der Waals surface area (Å²) in [4.78, 5) is 77.3. The zero-order valence-corrected chi connectivity index (χ0v) is 34.1. The number of hydrogen-bond donors (Lipinski definition) is 2. The maximum absolute atomic E-state index is 15.4. The van der Waals surface area contributed by atoms with Crippen LogP contribution in [0.5, 0.6) is 23.0 Å². The van der Waals surface area contributed by atoms with Gasteiger partial charge in [0, 0.05) is 38.1 Å². The van der Waals surface area contributed by atoms with Crippen LogP contribution >= 0.6 is 0 Å². The van der Waals surface area contributed by atoms with Crippen LogP contribution in [0.2, 0.25) is 0 Å². The van der Waals surface area contributed by atoms with Gasteiger partial charge in [-0.25, -0.2) is 28.5 Å². The van der Waals surface area contributed by atoms with Crippen molar-refractivity contribution in [3.63, 3.8) is 0 Å². The predicted molar refractivity (Wildman–Crippen MR) is 224 cm³/mol. The molecule has 3 aliphatic rings. The van der Waals surface area contributed by atoms with Crippen LogP contribution in [0, 0.1) is 12.8 Å². The monoisotopic (exact) mass is 825 g/mol. The summed E-state index contributed by atoms with van der Waals surface area (Å²) < 4.78 is 21.5. The molecule has 61 heavy (non-hydrogen) atoms. The number of nitrogens with zero attached hydrogens (tertiary/aromatic N) is 6. The van der Waals surface area contributed by atoms with E-state index in [2.05, 4.69) is 10.4 Å². The molecule has 0 bridgehead atoms. The molecule has 4 aromatic carbocycles. The highest BCUT2D eigenvalue weighted by Gasteiger charge is 2.68. The molecule has 2 amide bonds. The number of amides is 2. The van der Waals surface area contributed by atoms with Gasteiger partial charge in [0.25, 0.3) is 17.4 Å². The number of anilines is 1. The van der Waals surface area contributed by atoms with E-state index in [1.54, 1.807) is 43.4 Å². The lowest BCUT2D eigenvalue weighted by Crippen LogP contribution is -2.53. The molecule has 16 nitrogen and oxygen atoms in total. The number of carbonyl (C=O) groups excluding carboxylic acids is 2. The molecule has 2 fully saturated rings. The van der Waals surface area contributed by atoms with Crippen LogP contribution in [0.25, 0.3) is 11.0 Å². The second kappa shape index (κ2) is 14.7. The molecule has 0 radical (unpaired) electrons. The van der Waals surface area contributed by atoms with Gasteiger partial charge in [0.05, 0.1) is 62.0 Å². The average Bonchev–Trinajstić information content (AvgIpc) is 3.64. The van der Waals surface area contributed by atoms with Crippen molar-refractivity contribution in [3.8, 4) is 23.0 Å². The number of imide groups is 1. The Morgan fingerprint density at radius 3 is 2.25 bits per heavy atom. The summed E-state index contributed by atoms with van der Waals surface area (Å²) in [6, 6.07) is 23.8. The van der Waals surface area contributed by atoms with Crippen molar-refractivity contribution < 1.29 is 28.9 Å². The standard InChI is InChI=1S/C45H43N7O9/c1-25-11-14-28(15-12-25)47-51-40(54)30-22-33-29(39(26-13-16-36(59-3)35(53)21-26)45(30,42(51)56)27-9-7-6-8-10-27)17-20-50-43(57)49(44(58)52(33)50)19-18-31-41(55)48(2)34-24-38(61-5)37(60-4)23-32(34)46-31/h6-17,21,23-24,30,33,39,47,53H,18-20,22H2,1-5H3/t30-,33+,39-,45+/m0/s1. The number of nitrogens with one attached hydrogen (secondary N) is 1. The number of phenols is 1. The van der Waals surface area contributed by atoms with Gasteiger partial charge in [0.15, 0.2) is 23.0 Å². The minimum absolute atomic E-state index is 0.00254. The number of ether oxygens (including phenoxy) is 3. The van der Waals surface area contributed by atoms with Crippen molar-refractivity contribution in [1.82, 2.24) is 28.5 Å². The first kappa shape index (κ1) is 39.1. The van der Waals surface area contributed by atoms with Crippen molar-refractivity contribution in [2.75, 3.05) is 26.8 Å². The topological polar surface area (TPSA) is 181 Å². The fraction of sp³-hybridized carbons (Fsp3) is 0.289. The molecule has 0 spiro atoms. The highest BCUT2D eigenvalue weighted by atomic mass is 16.5. The number of benzene rings is 4. The molecule has 312 valence electrons. The van der Waals surface area contributed by atoms with E-state index in [1.807, 2.05) is 55.5 Å². The van der Waals surface area contributed by atoms with Gasteiger partial charge in [0.2, 0.25) is 0 Å². The Bertz CT molecular complexity index is 2980. The van der Waals surface area contributed by atoms with Crippen LogP contribution < -0.4 is 36.6 Å². The van der Waals surface area contributed by atoms with Crippen LogP contribution in [-0.4, -0.2) is 66.7 Å². The largest absolute Gasteiger partial charge is 0.504 e. The fourth-order valence-electron chi connectivity index (χ4n) is 9.60. The molecule has 2 N–H and O–H groups in total. The van der Waals surface area contributed by atoms with E-state index in [0.717, 1.165) is 15.1 Å². The Morgan fingerprint density at radius 2 is 1.56 bits per heavy atom. The normalized spacial score (nSPS) is 20.5. The third-order valence-electron chi connectivity index (χ3n) is 12.5. The SMILES string of the molecule is COc1ccc([C@H]2C3=CCn4c(=O)n(CCc5nc6cc(OC)c(OC)cc6n(C)c5=O)c(=O)n4[C@@H]3C[C@H]3C(=O)N(Nc4ccc(C)cc4)C(=O)[C@@]23c2ccccc2)cc1O. The Balaban J connectivity index is 1.17. The molecular weight excluding hydrogens is 783 g/mol. The Morgan fingerprint density at radius 1 is 0.852 bits per heavy atom. The van der Waals surface area contributed by atoms with Crippen molar-refractivity contribution >= 4 is 28.5 Å². The van der Waals surface area contributed by atoms with Gasteiger partial charge in [-0.15, -0.1) is 0 Å². The number of hydrogen-bond acceptors (Lipinski definition) is 11. The molecule has 4 heterocycles. The van der Waals surface area contributed by atoms with E-state index in [0.29, 0.717) is 44.9 Å². The van der Waals surface area contributed by atoms with E-state index in [1.165, 1.54) is 41.3 Å². The average molecular weight is 826 g/mol. The summed E-state index contributed by atoms with van der Waals surface area (Å²) in [7, 11) is 6.04. The Kier molecular flexibility index (Phi) is 9.44. The van der Waals surface area contributed by atoms with Gasteiger partial charge in [-0.1, -0.05) is 60.2 Å². The van der Waals surface area contributed by atoms with Crippen molar-refractivity contribution in [2.45, 2.75) is 50.2 Å². The first-order chi connectivity index (χ1) is 29.4. The lowest BCUT2D eigenvalue weighted by molar-refractivity contribution is -0.138. The molecule has 9 rings (SSSR count). The van der Waals surface area contributed by atoms with Gasteiger partial charge in [-0.3, -0.25) is 19.8 Å². The van der Waals surface area contributed by atoms with Crippen LogP contribution in [0.3, 0.4) is 0 Å². The summed E-state index contributed by atoms with van der Waals surface area (Å²) in [6.45, 7) is 1.75. The second-order valence-corrected chi connectivity index (χ2v) is 15.6. The van der Waals surface area contributed by atoms with E-state index >= 15 is 4.79 Å². The lowest BCUT2D eigenvalue weighted by atomic mass is 9.53. The van der Waals surface area contributed by atoms with E-state index in [9.17, 15) is 24.3 Å². The van der Waals surface area contributed by atoms with E-state index < -0.39 is 52.0 Å². The quantitative estimate of drug-likeness (QED) is 0.151. The summed E-state index contributed by atoms with van der Waals surface area (Å²) >= 11 is 0. The van der Waals surface area contributed by atoms with E-state index in [4.69, 9.17) is 14.2 Å². The van der Waals surface area contributed by atoms with Crippen molar-refractivity contribution in [3.05, 3.63) is 150 Å². The van der Waals surface area contributed by atoms with Crippen LogP contribution in [0.15, 0.2) is 111 Å². The number of aromatic hydroxyl groups is 1. The molecule has 2 aromatic heterocycles. The summed E-state index contributed by atoms with van der Waals surface area (Å²) in [5.74, 6) is -2.03. The maximum atomic E-state index is 15.4. The van der Waals surface area contributed by atoms with Gasteiger partial charge in [-0.2, -0.15) is 5.01 Å². The maximum Gasteiger partial charge on any atom is 0.347 e. The van der Waals surface area contributed by atoms with Gasteiger partial charge < -0.3 is 23.9 Å². The van der Waals surface area contributed by atoms with Crippen LogP contribution in [-0.2, 0) is 41.6 Å². The summed E-state index contributed by atoms with van der Waals surface area (Å²) in [5.41, 5.74) is 4.28. The predicted octanol–water partition coefficient (Wildman–Crippen LogP) is 3.96. The highest BCUT2D eigenvalue weighted by Crippen LogP contribution is 2.62. The molecule has 1 saturated heterocycles. The number of methoxy groups -OCH3 is 3. The highest BCUT2D eigenvalue weighted by molar-refractivity contribution is 6.12. The Hall–Kier alpha value is -7.36. The number of aryl methyl sites for hydroxylation is 3. The zero-order chi connectivity index (χ0) is 42.9. The number of allylic oxidation sites excluding steroid dienone is 2. The molecule has 1 saturated carbocycles. The van der Waals surface area contributed by atoms with Gasteiger partial charge in [0.1, 0.15) is 5.69 Å². The van der Waals surface area contributed by atoms with Gasteiger partial charge in [-0.05, 0) is 54.3 Å². The third kappa shape index (κ3) is 5.87. The first-order valence-electron chi connectivity index (χ1n) is 19.8. The molecule has 1 aliphatic carbocycles. The molecule has 6 aromatic rings. The van der Waals surface area contributed by atoms with Crippen LogP contribution in [0.4, 0.5) is 5.69 Å². The van der Waals surface area contributed by atoms with Crippen molar-refractivity contribution in [1.29, 1.82) is 0 Å². The minimum Gasteiger partial charge on any atom is -0.504 e. The fourth-order valence-corrected chi connectivity index (χ4v) is 9.60. The first-order valence-corrected chi connectivity index (χ1v) is 19.8. The number of fused-ring (bicyclic) bond motifs is 5. The van der Waals surface area contributed by atoms with E-state index in [-0.39, 0.29) is 43.1 Å². The number of hydrazine groups is 1. The number of rotatable bonds is 10. The second-order valence-electron chi connectivity index (χ2n) is 15.6. The lowest BCUT2D eigenvalue weighted by Gasteiger charge is -2.49. The minimum atomic E-state index is -1.54. The molecule has 16 heteroatoms. The van der Waals surface area contributed by atoms with Gasteiger partial charge >= 0.3 is 11.4 Å². The van der Waals surface area contributed by atoms with Crippen LogP contribution in [0.1, 0.15) is 40.8 Å². The number of carbonyl (C=O) groups is 2. The number of aromatic nitrogens is 5. The summed E-state index contributed by atoms with van der Waals surface area (Å²) in [5, 5.41) is 12.2. The molecule has 0 unspecified atom stereocenters. The molecule has 4 atom stereocenters. The zero-order valence-electron chi connectivity index (χ0n) is 34.1. The third-order valence-corrected chi connectivity index (χ3v) is 12.5. The molecular formula is C45H43N7O9. The Labute approximate surface area is 348 Å². The molecule has 2 aliphatic heterocycles. The summed E-state index contributed by atoms with van der Waals surface area (Å²) in [6.07, 6.45) is 1.80.